The molecule has 0 fully saturated rings. The number of benzene rings is 1. The summed E-state index contributed by atoms with van der Waals surface area (Å²) in [6.45, 7) is 5.06. The van der Waals surface area contributed by atoms with Gasteiger partial charge in [-0.3, -0.25) is 9.69 Å². The molecule has 10 heteroatoms. The first kappa shape index (κ1) is 24.4. The average Bonchev–Trinajstić information content (AvgIpc) is 3.61. The van der Waals surface area contributed by atoms with Crippen LogP contribution in [0.1, 0.15) is 36.5 Å². The highest BCUT2D eigenvalue weighted by Crippen LogP contribution is 2.36. The minimum absolute atomic E-state index is 0.0904. The molecule has 9 nitrogen and oxygen atoms in total. The van der Waals surface area contributed by atoms with Crippen molar-refractivity contribution in [3.63, 3.8) is 0 Å². The lowest BCUT2D eigenvalue weighted by atomic mass is 10.0. The summed E-state index contributed by atoms with van der Waals surface area (Å²) in [5.74, 6) is 0.437. The number of esters is 1. The van der Waals surface area contributed by atoms with Crippen molar-refractivity contribution < 1.29 is 23.2 Å². The number of nitrogens with zero attached hydrogens (tertiary/aromatic N) is 3. The molecule has 1 amide bonds. The van der Waals surface area contributed by atoms with Crippen LogP contribution in [0, 0.1) is 0 Å². The molecule has 0 aliphatic heterocycles. The molecule has 0 saturated carbocycles. The molecular formula is C25H26N4O5S. The molecular weight excluding hydrogens is 468 g/mol. The first-order valence-electron chi connectivity index (χ1n) is 11.3. The number of carbonyl (C=O) groups excluding carboxylic acids is 2. The number of hydrogen-bond acceptors (Lipinski definition) is 9. The van der Waals surface area contributed by atoms with Gasteiger partial charge >= 0.3 is 5.97 Å². The van der Waals surface area contributed by atoms with E-state index < -0.39 is 5.97 Å². The number of furan rings is 1. The van der Waals surface area contributed by atoms with E-state index in [0.29, 0.717) is 35.3 Å². The van der Waals surface area contributed by atoms with Crippen LogP contribution in [-0.2, 0) is 16.1 Å². The molecule has 4 aromatic rings. The van der Waals surface area contributed by atoms with Gasteiger partial charge in [-0.2, -0.15) is 0 Å². The van der Waals surface area contributed by atoms with Crippen molar-refractivity contribution >= 4 is 28.2 Å². The highest BCUT2D eigenvalue weighted by atomic mass is 32.1. The molecule has 35 heavy (non-hydrogen) atoms. The fourth-order valence-corrected chi connectivity index (χ4v) is 4.57. The van der Waals surface area contributed by atoms with Gasteiger partial charge in [0.2, 0.25) is 11.8 Å². The van der Waals surface area contributed by atoms with Crippen molar-refractivity contribution in [2.24, 2.45) is 0 Å². The maximum Gasteiger partial charge on any atom is 0.341 e. The van der Waals surface area contributed by atoms with E-state index in [4.69, 9.17) is 13.6 Å². The molecule has 3 heterocycles. The van der Waals surface area contributed by atoms with Crippen molar-refractivity contribution in [3.8, 4) is 22.8 Å². The summed E-state index contributed by atoms with van der Waals surface area (Å²) in [7, 11) is 0. The minimum Gasteiger partial charge on any atom is -0.462 e. The lowest BCUT2D eigenvalue weighted by Gasteiger charge is -2.19. The zero-order chi connectivity index (χ0) is 24.6. The van der Waals surface area contributed by atoms with Crippen molar-refractivity contribution in [2.75, 3.05) is 25.0 Å². The maximum absolute atomic E-state index is 13.0. The Balaban J connectivity index is 1.48. The van der Waals surface area contributed by atoms with Gasteiger partial charge in [0.1, 0.15) is 10.6 Å². The smallest absolute Gasteiger partial charge is 0.341 e. The van der Waals surface area contributed by atoms with Gasteiger partial charge in [-0.1, -0.05) is 37.3 Å². The largest absolute Gasteiger partial charge is 0.462 e. The summed E-state index contributed by atoms with van der Waals surface area (Å²) in [5.41, 5.74) is 1.97. The highest BCUT2D eigenvalue weighted by Gasteiger charge is 2.24. The number of hydrogen-bond donors (Lipinski definition) is 1. The van der Waals surface area contributed by atoms with E-state index in [1.807, 2.05) is 47.5 Å². The van der Waals surface area contributed by atoms with Crippen LogP contribution in [0.4, 0.5) is 5.00 Å². The van der Waals surface area contributed by atoms with Gasteiger partial charge in [-0.05, 0) is 37.6 Å². The quantitative estimate of drug-likeness (QED) is 0.287. The summed E-state index contributed by atoms with van der Waals surface area (Å²) < 4.78 is 16.2. The van der Waals surface area contributed by atoms with Crippen molar-refractivity contribution in [1.29, 1.82) is 0 Å². The van der Waals surface area contributed by atoms with Crippen molar-refractivity contribution in [1.82, 2.24) is 15.1 Å². The van der Waals surface area contributed by atoms with E-state index in [-0.39, 0.29) is 24.9 Å². The third-order valence-corrected chi connectivity index (χ3v) is 5.97. The Bertz CT molecular complexity index is 1250. The first-order valence-corrected chi connectivity index (χ1v) is 12.2. The second kappa shape index (κ2) is 11.6. The van der Waals surface area contributed by atoms with Gasteiger partial charge in [0.15, 0.2) is 5.76 Å². The lowest BCUT2D eigenvalue weighted by molar-refractivity contribution is -0.117. The van der Waals surface area contributed by atoms with Crippen molar-refractivity contribution in [3.05, 3.63) is 65.6 Å². The van der Waals surface area contributed by atoms with Gasteiger partial charge in [0.05, 0.1) is 26.0 Å². The Morgan fingerprint density at radius 1 is 1.11 bits per heavy atom. The van der Waals surface area contributed by atoms with Crippen molar-refractivity contribution in [2.45, 2.75) is 26.8 Å². The third-order valence-electron chi connectivity index (χ3n) is 5.07. The Hall–Kier alpha value is -3.76. The highest BCUT2D eigenvalue weighted by molar-refractivity contribution is 7.15. The van der Waals surface area contributed by atoms with Crippen LogP contribution in [0.5, 0.6) is 0 Å². The molecule has 0 bridgehead atoms. The fourth-order valence-electron chi connectivity index (χ4n) is 3.59. The predicted molar refractivity (Wildman–Crippen MR) is 132 cm³/mol. The second-order valence-corrected chi connectivity index (χ2v) is 8.56. The van der Waals surface area contributed by atoms with Gasteiger partial charge in [-0.25, -0.2) is 4.79 Å². The Labute approximate surface area is 206 Å². The van der Waals surface area contributed by atoms with Crippen LogP contribution < -0.4 is 5.32 Å². The number of carbonyl (C=O) groups is 2. The number of ether oxygens (including phenoxy) is 1. The molecule has 0 aliphatic rings. The van der Waals surface area contributed by atoms with E-state index in [2.05, 4.69) is 15.5 Å². The Morgan fingerprint density at radius 3 is 2.66 bits per heavy atom. The molecule has 0 spiro atoms. The molecule has 0 unspecified atom stereocenters. The third kappa shape index (κ3) is 6.03. The first-order chi connectivity index (χ1) is 17.1. The molecule has 1 N–H and O–H groups in total. The van der Waals surface area contributed by atoms with Crippen LogP contribution in [0.3, 0.4) is 0 Å². The number of aromatic nitrogens is 2. The van der Waals surface area contributed by atoms with Gasteiger partial charge in [0, 0.05) is 10.9 Å². The van der Waals surface area contributed by atoms with E-state index in [9.17, 15) is 9.59 Å². The van der Waals surface area contributed by atoms with Crippen LogP contribution in [0.25, 0.3) is 22.8 Å². The van der Waals surface area contributed by atoms with Crippen LogP contribution in [0.2, 0.25) is 0 Å². The summed E-state index contributed by atoms with van der Waals surface area (Å²) >= 11 is 1.30. The minimum atomic E-state index is -0.468. The summed E-state index contributed by atoms with van der Waals surface area (Å²) in [6, 6.07) is 13.0. The zero-order valence-corrected chi connectivity index (χ0v) is 20.3. The standard InChI is InChI=1S/C25H26N4O5S/c1-3-12-29(15-21-27-28-23(34-21)19-11-8-13-33-19)14-20(30)26-24-22(25(31)32-4-2)18(16-35-24)17-9-6-5-7-10-17/h5-11,13,16H,3-4,12,14-15H2,1-2H3,(H,26,30). The van der Waals surface area contributed by atoms with Crippen LogP contribution >= 0.6 is 11.3 Å². The monoisotopic (exact) mass is 494 g/mol. The molecule has 0 atom stereocenters. The summed E-state index contributed by atoms with van der Waals surface area (Å²) in [5, 5.41) is 13.3. The molecule has 0 aliphatic carbocycles. The molecule has 1 aromatic carbocycles. The normalized spacial score (nSPS) is 11.1. The average molecular weight is 495 g/mol. The Kier molecular flexibility index (Phi) is 8.07. The molecule has 4 rings (SSSR count). The Morgan fingerprint density at radius 2 is 1.94 bits per heavy atom. The van der Waals surface area contributed by atoms with E-state index in [1.54, 1.807) is 19.1 Å². The van der Waals surface area contributed by atoms with E-state index in [1.165, 1.54) is 17.6 Å². The molecule has 0 radical (unpaired) electrons. The maximum atomic E-state index is 13.0. The fraction of sp³-hybridized carbons (Fsp3) is 0.280. The molecule has 3 aromatic heterocycles. The predicted octanol–water partition coefficient (Wildman–Crippen LogP) is 5.09. The lowest BCUT2D eigenvalue weighted by Crippen LogP contribution is -2.33. The summed E-state index contributed by atoms with van der Waals surface area (Å²) in [4.78, 5) is 27.6. The summed E-state index contributed by atoms with van der Waals surface area (Å²) in [6.07, 6.45) is 2.36. The number of anilines is 1. The SMILES string of the molecule is CCCN(CC(=O)Nc1scc(-c2ccccc2)c1C(=O)OCC)Cc1nnc(-c2ccco2)o1. The van der Waals surface area contributed by atoms with E-state index >= 15 is 0 Å². The zero-order valence-electron chi connectivity index (χ0n) is 19.5. The van der Waals surface area contributed by atoms with Gasteiger partial charge in [-0.15, -0.1) is 21.5 Å². The molecule has 0 saturated heterocycles. The van der Waals surface area contributed by atoms with Crippen LogP contribution in [0.15, 0.2) is 62.9 Å². The number of amides is 1. The van der Waals surface area contributed by atoms with E-state index in [0.717, 1.165) is 17.5 Å². The molecule has 182 valence electrons. The number of rotatable bonds is 11. The van der Waals surface area contributed by atoms with Gasteiger partial charge < -0.3 is 18.9 Å². The number of thiophene rings is 1. The topological polar surface area (TPSA) is 111 Å². The van der Waals surface area contributed by atoms with Gasteiger partial charge in [0.25, 0.3) is 5.89 Å². The van der Waals surface area contributed by atoms with Crippen LogP contribution in [-0.4, -0.2) is 46.7 Å². The number of nitrogens with one attached hydrogen (secondary N) is 1. The second-order valence-electron chi connectivity index (χ2n) is 7.68.